The number of aryl methyl sites for hydroxylation is 1. The van der Waals surface area contributed by atoms with Crippen LogP contribution in [-0.2, 0) is 31.8 Å². The Morgan fingerprint density at radius 3 is 2.29 bits per heavy atom. The molecule has 3 aromatic carbocycles. The lowest BCUT2D eigenvalue weighted by atomic mass is 9.77. The SMILES string of the molecule is C[n+]1cc2scc(C=CC3=C(C(=O)O)N4C(=O)[C@@H](NC(=O)/C(=N\OCF)c5nsc(NC(c6ccccc6)(c6ccccc6)c6ccccc6)n5)[C@H]4SC3)n2c1. The van der Waals surface area contributed by atoms with Crippen LogP contribution in [0, 0.1) is 0 Å². The number of carboxylic acids is 1. The van der Waals surface area contributed by atoms with Gasteiger partial charge in [-0.15, -0.1) is 11.8 Å². The third-order valence-electron chi connectivity index (χ3n) is 9.34. The largest absolute Gasteiger partial charge is 0.477 e. The first kappa shape index (κ1) is 36.8. The average molecular weight is 808 g/mol. The maximum Gasteiger partial charge on any atom is 0.352 e. The van der Waals surface area contributed by atoms with E-state index in [9.17, 15) is 23.9 Å². The van der Waals surface area contributed by atoms with Crippen molar-refractivity contribution in [3.8, 4) is 0 Å². The number of β-lactam (4-membered cyclic amide) rings is 1. The lowest BCUT2D eigenvalue weighted by molar-refractivity contribution is -0.669. The predicted molar refractivity (Wildman–Crippen MR) is 212 cm³/mol. The third-order valence-corrected chi connectivity index (χ3v) is 12.2. The number of oxime groups is 1. The Bertz CT molecular complexity index is 2420. The smallest absolute Gasteiger partial charge is 0.352 e. The van der Waals surface area contributed by atoms with Crippen LogP contribution in [0.5, 0.6) is 0 Å². The normalized spacial score (nSPS) is 17.2. The summed E-state index contributed by atoms with van der Waals surface area (Å²) in [6.45, 7) is -1.33. The molecule has 2 atom stereocenters. The van der Waals surface area contributed by atoms with Crippen molar-refractivity contribution < 1.29 is 33.3 Å². The molecule has 1 fully saturated rings. The van der Waals surface area contributed by atoms with Crippen molar-refractivity contribution in [2.75, 3.05) is 17.9 Å². The molecule has 0 bridgehead atoms. The maximum atomic E-state index is 13.8. The number of carbonyl (C=O) groups is 3. The number of anilines is 1. The molecule has 282 valence electrons. The molecule has 13 nitrogen and oxygen atoms in total. The lowest BCUT2D eigenvalue weighted by Crippen LogP contribution is -2.71. The predicted octanol–water partition coefficient (Wildman–Crippen LogP) is 5.18. The highest BCUT2D eigenvalue weighted by Crippen LogP contribution is 2.42. The summed E-state index contributed by atoms with van der Waals surface area (Å²) in [5.74, 6) is -2.67. The molecule has 3 aromatic heterocycles. The number of thioether (sulfide) groups is 1. The number of amides is 2. The molecule has 0 spiro atoms. The second-order valence-electron chi connectivity index (χ2n) is 12.7. The number of nitrogens with zero attached hydrogens (tertiary/aromatic N) is 6. The number of rotatable bonds is 13. The molecule has 1 saturated heterocycles. The van der Waals surface area contributed by atoms with E-state index in [1.165, 1.54) is 16.7 Å². The van der Waals surface area contributed by atoms with E-state index in [-0.39, 0.29) is 17.3 Å². The molecule has 56 heavy (non-hydrogen) atoms. The van der Waals surface area contributed by atoms with Gasteiger partial charge in [0.1, 0.15) is 34.5 Å². The van der Waals surface area contributed by atoms with Crippen LogP contribution in [-0.4, -0.2) is 71.3 Å². The van der Waals surface area contributed by atoms with Gasteiger partial charge in [-0.2, -0.15) is 13.8 Å². The summed E-state index contributed by atoms with van der Waals surface area (Å²) >= 11 is 3.82. The Labute approximate surface area is 331 Å². The molecule has 0 radical (unpaired) electrons. The van der Waals surface area contributed by atoms with Gasteiger partial charge in [0.05, 0.1) is 7.05 Å². The number of imidazole rings is 1. The van der Waals surface area contributed by atoms with Crippen LogP contribution in [0.3, 0.4) is 0 Å². The fourth-order valence-electron chi connectivity index (χ4n) is 6.84. The molecule has 0 saturated carbocycles. The highest BCUT2D eigenvalue weighted by Gasteiger charge is 2.54. The van der Waals surface area contributed by atoms with Gasteiger partial charge in [-0.05, 0) is 28.3 Å². The number of nitrogens with one attached hydrogen (secondary N) is 2. The number of alkyl halides is 1. The van der Waals surface area contributed by atoms with Crippen LogP contribution in [0.2, 0.25) is 0 Å². The molecule has 6 aromatic rings. The van der Waals surface area contributed by atoms with Gasteiger partial charge in [0.2, 0.25) is 27.8 Å². The van der Waals surface area contributed by atoms with Gasteiger partial charge in [0, 0.05) is 22.7 Å². The number of carboxylic acid groups (broad SMARTS) is 1. The number of benzene rings is 3. The summed E-state index contributed by atoms with van der Waals surface area (Å²) < 4.78 is 21.6. The Morgan fingerprint density at radius 2 is 1.68 bits per heavy atom. The first-order valence-corrected chi connectivity index (χ1v) is 19.9. The number of halogens is 1. The number of aliphatic carboxylic acids is 1. The topological polar surface area (TPSA) is 154 Å². The number of hydrogen-bond donors (Lipinski definition) is 3. The van der Waals surface area contributed by atoms with Crippen LogP contribution in [0.25, 0.3) is 10.9 Å². The summed E-state index contributed by atoms with van der Waals surface area (Å²) in [7, 11) is 1.92. The molecule has 3 N–H and O–H groups in total. The van der Waals surface area contributed by atoms with Gasteiger partial charge in [-0.1, -0.05) is 114 Å². The van der Waals surface area contributed by atoms with Gasteiger partial charge < -0.3 is 20.6 Å². The van der Waals surface area contributed by atoms with E-state index in [4.69, 9.17) is 0 Å². The summed E-state index contributed by atoms with van der Waals surface area (Å²) in [6, 6.07) is 28.4. The highest BCUT2D eigenvalue weighted by molar-refractivity contribution is 8.00. The summed E-state index contributed by atoms with van der Waals surface area (Å²) in [5.41, 5.74) is 2.48. The van der Waals surface area contributed by atoms with Gasteiger partial charge in [-0.3, -0.25) is 14.5 Å². The standard InChI is InChI=1S/C39H31FN8O5S3/c1-46-19-29-47(23-46)28(21-54-29)18-17-24-20-55-36-31(35(50)48(36)32(24)37(51)52)41-34(49)30(44-53-22-40)33-42-38(56-45-33)43-39(25-11-5-2-6-12-25,26-13-7-3-8-14-26)27-15-9-4-10-16-27/h2-19,21,23,31,36H,20,22H2,1H3,(H2-,41,42,43,45,49,51,52)/p+1/b18-17?,44-30-/t31-,36-/m1/s1. The maximum absolute atomic E-state index is 13.8. The molecule has 2 aliphatic rings. The second kappa shape index (κ2) is 15.5. The van der Waals surface area contributed by atoms with Crippen molar-refractivity contribution in [1.82, 2.24) is 24.0 Å². The summed E-state index contributed by atoms with van der Waals surface area (Å²) in [6.07, 6.45) is 7.41. The van der Waals surface area contributed by atoms with E-state index in [0.717, 1.165) is 38.7 Å². The Kier molecular flexibility index (Phi) is 10.2. The molecular formula is C39H32FN8O5S3+. The van der Waals surface area contributed by atoms with Crippen LogP contribution in [0.15, 0.2) is 131 Å². The van der Waals surface area contributed by atoms with Crippen molar-refractivity contribution in [2.24, 2.45) is 12.2 Å². The van der Waals surface area contributed by atoms with E-state index >= 15 is 0 Å². The van der Waals surface area contributed by atoms with E-state index in [1.54, 1.807) is 17.4 Å². The number of thiazole rings is 1. The minimum atomic E-state index is -1.33. The first-order valence-electron chi connectivity index (χ1n) is 17.2. The number of aromatic nitrogens is 4. The molecule has 8 rings (SSSR count). The minimum absolute atomic E-state index is 0.157. The Morgan fingerprint density at radius 1 is 1.04 bits per heavy atom. The van der Waals surface area contributed by atoms with Crippen molar-refractivity contribution >= 4 is 74.2 Å². The number of fused-ring (bicyclic) bond motifs is 2. The van der Waals surface area contributed by atoms with Crippen LogP contribution in [0.4, 0.5) is 9.52 Å². The molecule has 0 aliphatic carbocycles. The van der Waals surface area contributed by atoms with E-state index in [2.05, 4.69) is 30.0 Å². The molecule has 0 unspecified atom stereocenters. The zero-order valence-electron chi connectivity index (χ0n) is 29.5. The number of allylic oxidation sites excluding steroid dienone is 1. The van der Waals surface area contributed by atoms with Crippen molar-refractivity contribution in [3.63, 3.8) is 0 Å². The molecule has 2 aliphatic heterocycles. The van der Waals surface area contributed by atoms with Gasteiger partial charge in [0.25, 0.3) is 18.7 Å². The van der Waals surface area contributed by atoms with E-state index in [1.807, 2.05) is 131 Å². The summed E-state index contributed by atoms with van der Waals surface area (Å²) in [4.78, 5) is 51.3. The fraction of sp³-hybridized carbons (Fsp3) is 0.154. The minimum Gasteiger partial charge on any atom is -0.477 e. The van der Waals surface area contributed by atoms with Crippen molar-refractivity contribution in [2.45, 2.75) is 17.0 Å². The van der Waals surface area contributed by atoms with Crippen molar-refractivity contribution in [3.05, 3.63) is 154 Å². The van der Waals surface area contributed by atoms with Crippen molar-refractivity contribution in [1.29, 1.82) is 0 Å². The number of carbonyl (C=O) groups excluding carboxylic acids is 2. The molecule has 2 amide bonds. The van der Waals surface area contributed by atoms with E-state index < -0.39 is 47.3 Å². The summed E-state index contributed by atoms with van der Waals surface area (Å²) in [5, 5.41) is 21.7. The Hall–Kier alpha value is -6.17. The second-order valence-corrected chi connectivity index (χ2v) is 15.5. The zero-order chi connectivity index (χ0) is 38.8. The van der Waals surface area contributed by atoms with Gasteiger partial charge in [0.15, 0.2) is 0 Å². The first-order chi connectivity index (χ1) is 27.3. The zero-order valence-corrected chi connectivity index (χ0v) is 31.9. The van der Waals surface area contributed by atoms with Gasteiger partial charge >= 0.3 is 5.97 Å². The van der Waals surface area contributed by atoms with Crippen LogP contribution >= 0.6 is 34.6 Å². The Balaban J connectivity index is 1.05. The highest BCUT2D eigenvalue weighted by atomic mass is 32.2. The third kappa shape index (κ3) is 6.73. The number of hydrogen-bond acceptors (Lipinski definition) is 11. The van der Waals surface area contributed by atoms with E-state index in [0.29, 0.717) is 10.7 Å². The van der Waals surface area contributed by atoms with Gasteiger partial charge in [-0.25, -0.2) is 13.8 Å². The molecular weight excluding hydrogens is 776 g/mol. The fourth-order valence-corrected chi connectivity index (χ4v) is 9.71. The lowest BCUT2D eigenvalue weighted by Gasteiger charge is -2.49. The quantitative estimate of drug-likeness (QED) is 0.0471. The molecule has 5 heterocycles. The van der Waals surface area contributed by atoms with Crippen LogP contribution < -0.4 is 15.2 Å². The van der Waals surface area contributed by atoms with Crippen LogP contribution in [0.1, 0.15) is 28.2 Å². The molecule has 17 heteroatoms. The monoisotopic (exact) mass is 807 g/mol. The average Bonchev–Trinajstić information content (AvgIpc) is 3.95.